The van der Waals surface area contributed by atoms with E-state index < -0.39 is 0 Å². The van der Waals surface area contributed by atoms with Gasteiger partial charge in [0.2, 0.25) is 0 Å². The van der Waals surface area contributed by atoms with E-state index >= 15 is 0 Å². The molecule has 0 spiro atoms. The third-order valence-electron chi connectivity index (χ3n) is 5.89. The van der Waals surface area contributed by atoms with E-state index in [1.807, 2.05) is 24.3 Å². The molecule has 4 rings (SSSR count). The van der Waals surface area contributed by atoms with Crippen molar-refractivity contribution >= 4 is 28.7 Å². The van der Waals surface area contributed by atoms with E-state index in [-0.39, 0.29) is 0 Å². The van der Waals surface area contributed by atoms with Gasteiger partial charge in [0.25, 0.3) is 0 Å². The van der Waals surface area contributed by atoms with Gasteiger partial charge in [-0.05, 0) is 62.0 Å². The summed E-state index contributed by atoms with van der Waals surface area (Å²) in [4.78, 5) is 5.07. The Morgan fingerprint density at radius 3 is 2.29 bits per heavy atom. The topological polar surface area (TPSA) is 44.5 Å². The van der Waals surface area contributed by atoms with Crippen molar-refractivity contribution in [2.45, 2.75) is 44.2 Å². The summed E-state index contributed by atoms with van der Waals surface area (Å²) in [5.74, 6) is 0. The van der Waals surface area contributed by atoms with Gasteiger partial charge in [0.1, 0.15) is 0 Å². The van der Waals surface area contributed by atoms with Crippen molar-refractivity contribution in [2.24, 2.45) is 0 Å². The Balaban J connectivity index is 1.31. The molecule has 28 heavy (non-hydrogen) atoms. The standard InChI is InChI=1S/C23H30N4S/c24-21-8-4-5-9-22(21)25-23(28)27(19-10-11-19)20-13-16-26(17-14-20)15-12-18-6-2-1-3-7-18/h1-9,19-20H,10-17,24H2,(H,25,28). The van der Waals surface area contributed by atoms with E-state index in [2.05, 4.69) is 45.4 Å². The zero-order valence-electron chi connectivity index (χ0n) is 16.4. The zero-order chi connectivity index (χ0) is 19.3. The highest BCUT2D eigenvalue weighted by atomic mass is 32.1. The van der Waals surface area contributed by atoms with Crippen LogP contribution in [-0.2, 0) is 6.42 Å². The van der Waals surface area contributed by atoms with E-state index in [9.17, 15) is 0 Å². The summed E-state index contributed by atoms with van der Waals surface area (Å²) in [7, 11) is 0. The lowest BCUT2D eigenvalue weighted by atomic mass is 10.0. The van der Waals surface area contributed by atoms with Crippen LogP contribution in [0.2, 0.25) is 0 Å². The third kappa shape index (κ3) is 4.83. The molecule has 0 bridgehead atoms. The molecule has 1 saturated heterocycles. The fourth-order valence-corrected chi connectivity index (χ4v) is 4.53. The first-order valence-electron chi connectivity index (χ1n) is 10.4. The maximum absolute atomic E-state index is 6.09. The number of hydrogen-bond donors (Lipinski definition) is 2. The third-order valence-corrected chi connectivity index (χ3v) is 6.20. The lowest BCUT2D eigenvalue weighted by Crippen LogP contribution is -2.50. The number of anilines is 2. The lowest BCUT2D eigenvalue weighted by Gasteiger charge is -2.40. The van der Waals surface area contributed by atoms with Crippen molar-refractivity contribution in [3.05, 3.63) is 60.2 Å². The van der Waals surface area contributed by atoms with E-state index in [0.29, 0.717) is 12.1 Å². The van der Waals surface area contributed by atoms with Crippen LogP contribution < -0.4 is 11.1 Å². The molecule has 2 aromatic rings. The monoisotopic (exact) mass is 394 g/mol. The Morgan fingerprint density at radius 1 is 0.964 bits per heavy atom. The number of nitrogens with two attached hydrogens (primary N) is 1. The van der Waals surface area contributed by atoms with Crippen LogP contribution in [0.1, 0.15) is 31.2 Å². The lowest BCUT2D eigenvalue weighted by molar-refractivity contribution is 0.152. The first-order chi connectivity index (χ1) is 13.7. The van der Waals surface area contributed by atoms with E-state index in [0.717, 1.165) is 42.5 Å². The number of hydrogen-bond acceptors (Lipinski definition) is 3. The molecule has 1 heterocycles. The van der Waals surface area contributed by atoms with E-state index in [1.165, 1.54) is 31.2 Å². The van der Waals surface area contributed by atoms with Gasteiger partial charge < -0.3 is 20.9 Å². The molecule has 1 aliphatic carbocycles. The van der Waals surface area contributed by atoms with Crippen LogP contribution in [0.15, 0.2) is 54.6 Å². The fraction of sp³-hybridized carbons (Fsp3) is 0.435. The molecule has 3 N–H and O–H groups in total. The second kappa shape index (κ2) is 8.93. The molecule has 5 heteroatoms. The first-order valence-corrected chi connectivity index (χ1v) is 10.8. The molecule has 4 nitrogen and oxygen atoms in total. The number of piperidine rings is 1. The van der Waals surface area contributed by atoms with Gasteiger partial charge in [0.15, 0.2) is 5.11 Å². The minimum atomic E-state index is 0.533. The molecule has 2 aromatic carbocycles. The van der Waals surface area contributed by atoms with Crippen LogP contribution >= 0.6 is 12.2 Å². The largest absolute Gasteiger partial charge is 0.397 e. The summed E-state index contributed by atoms with van der Waals surface area (Å²) in [5, 5.41) is 4.24. The Labute approximate surface area is 173 Å². The molecule has 1 saturated carbocycles. The average Bonchev–Trinajstić information content (AvgIpc) is 3.55. The quantitative estimate of drug-likeness (QED) is 0.570. The van der Waals surface area contributed by atoms with Crippen molar-refractivity contribution in [2.75, 3.05) is 30.7 Å². The smallest absolute Gasteiger partial charge is 0.173 e. The minimum Gasteiger partial charge on any atom is -0.397 e. The average molecular weight is 395 g/mol. The molecule has 1 aliphatic heterocycles. The Morgan fingerprint density at radius 2 is 1.61 bits per heavy atom. The molecule has 148 valence electrons. The summed E-state index contributed by atoms with van der Waals surface area (Å²) in [5.41, 5.74) is 9.18. The summed E-state index contributed by atoms with van der Waals surface area (Å²) in [6.45, 7) is 3.44. The number of para-hydroxylation sites is 2. The van der Waals surface area contributed by atoms with Crippen LogP contribution in [0.4, 0.5) is 11.4 Å². The molecule has 0 aromatic heterocycles. The van der Waals surface area contributed by atoms with Crippen molar-refractivity contribution in [3.63, 3.8) is 0 Å². The molecular weight excluding hydrogens is 364 g/mol. The zero-order valence-corrected chi connectivity index (χ0v) is 17.2. The second-order valence-electron chi connectivity index (χ2n) is 7.96. The molecule has 2 aliphatic rings. The van der Waals surface area contributed by atoms with Gasteiger partial charge in [-0.15, -0.1) is 0 Å². The van der Waals surface area contributed by atoms with Crippen LogP contribution in [0.25, 0.3) is 0 Å². The number of rotatable bonds is 6. The number of benzene rings is 2. The summed E-state index contributed by atoms with van der Waals surface area (Å²) >= 11 is 5.80. The van der Waals surface area contributed by atoms with Crippen LogP contribution in [0.3, 0.4) is 0 Å². The molecule has 2 fully saturated rings. The van der Waals surface area contributed by atoms with Crippen molar-refractivity contribution < 1.29 is 0 Å². The number of likely N-dealkylation sites (tertiary alicyclic amines) is 1. The number of nitrogen functional groups attached to an aromatic ring is 1. The van der Waals surface area contributed by atoms with Crippen LogP contribution in [0, 0.1) is 0 Å². The highest BCUT2D eigenvalue weighted by Crippen LogP contribution is 2.33. The fourth-order valence-electron chi connectivity index (χ4n) is 4.13. The van der Waals surface area contributed by atoms with E-state index in [4.69, 9.17) is 18.0 Å². The van der Waals surface area contributed by atoms with E-state index in [1.54, 1.807) is 0 Å². The maximum Gasteiger partial charge on any atom is 0.173 e. The SMILES string of the molecule is Nc1ccccc1NC(=S)N(C1CC1)C1CCN(CCc2ccccc2)CC1. The second-order valence-corrected chi connectivity index (χ2v) is 8.35. The van der Waals surface area contributed by atoms with Crippen molar-refractivity contribution in [3.8, 4) is 0 Å². The molecule has 0 atom stereocenters. The highest BCUT2D eigenvalue weighted by molar-refractivity contribution is 7.80. The summed E-state index contributed by atoms with van der Waals surface area (Å²) < 4.78 is 0. The Bertz CT molecular complexity index is 782. The van der Waals surface area contributed by atoms with Crippen LogP contribution in [0.5, 0.6) is 0 Å². The first kappa shape index (κ1) is 19.2. The van der Waals surface area contributed by atoms with Gasteiger partial charge in [0, 0.05) is 31.7 Å². The van der Waals surface area contributed by atoms with Gasteiger partial charge in [0.05, 0.1) is 11.4 Å². The van der Waals surface area contributed by atoms with Crippen molar-refractivity contribution in [1.82, 2.24) is 9.80 Å². The number of thiocarbonyl (C=S) groups is 1. The van der Waals surface area contributed by atoms with Crippen molar-refractivity contribution in [1.29, 1.82) is 0 Å². The molecule has 0 amide bonds. The normalized spacial score (nSPS) is 18.0. The molecule has 0 unspecified atom stereocenters. The highest BCUT2D eigenvalue weighted by Gasteiger charge is 2.37. The summed E-state index contributed by atoms with van der Waals surface area (Å²) in [6.07, 6.45) is 5.99. The number of nitrogens with zero attached hydrogens (tertiary/aromatic N) is 2. The van der Waals surface area contributed by atoms with Gasteiger partial charge >= 0.3 is 0 Å². The predicted octanol–water partition coefficient (Wildman–Crippen LogP) is 4.14. The van der Waals surface area contributed by atoms with Gasteiger partial charge in [-0.2, -0.15) is 0 Å². The molecular formula is C23H30N4S. The van der Waals surface area contributed by atoms with Crippen LogP contribution in [-0.4, -0.2) is 46.6 Å². The molecule has 0 radical (unpaired) electrons. The van der Waals surface area contributed by atoms with Gasteiger partial charge in [-0.1, -0.05) is 42.5 Å². The predicted molar refractivity (Wildman–Crippen MR) is 122 cm³/mol. The number of nitrogens with one attached hydrogen (secondary N) is 1. The Hall–Kier alpha value is -2.11. The summed E-state index contributed by atoms with van der Waals surface area (Å²) in [6, 6.07) is 19.8. The van der Waals surface area contributed by atoms with Gasteiger partial charge in [-0.25, -0.2) is 0 Å². The Kier molecular flexibility index (Phi) is 6.13. The van der Waals surface area contributed by atoms with Gasteiger partial charge in [-0.3, -0.25) is 0 Å². The minimum absolute atomic E-state index is 0.533. The maximum atomic E-state index is 6.09.